The molecule has 0 heterocycles. The smallest absolute Gasteiger partial charge is 0.351 e. The summed E-state index contributed by atoms with van der Waals surface area (Å²) in [6.45, 7) is 0.362. The Hall–Kier alpha value is -2.25. The second-order valence-corrected chi connectivity index (χ2v) is 4.41. The monoisotopic (exact) mass is 303 g/mol. The van der Waals surface area contributed by atoms with Gasteiger partial charge in [-0.2, -0.15) is 13.2 Å². The highest BCUT2D eigenvalue weighted by molar-refractivity contribution is 5.96. The van der Waals surface area contributed by atoms with E-state index < -0.39 is 24.7 Å². The summed E-state index contributed by atoms with van der Waals surface area (Å²) < 4.78 is 37.5. The van der Waals surface area contributed by atoms with E-state index in [1.165, 1.54) is 24.3 Å². The minimum absolute atomic E-state index is 0.00812. The Balaban J connectivity index is 2.95. The van der Waals surface area contributed by atoms with E-state index in [0.717, 1.165) is 4.90 Å². The van der Waals surface area contributed by atoms with Gasteiger partial charge in [0.2, 0.25) is 0 Å². The lowest BCUT2D eigenvalue weighted by atomic mass is 10.1. The number of alkyl halides is 3. The van der Waals surface area contributed by atoms with Crippen LogP contribution in [-0.4, -0.2) is 36.1 Å². The highest BCUT2D eigenvalue weighted by atomic mass is 19.4. The average Bonchev–Trinajstić information content (AvgIpc) is 2.35. The van der Waals surface area contributed by atoms with Crippen molar-refractivity contribution in [1.82, 2.24) is 4.90 Å². The van der Waals surface area contributed by atoms with Crippen molar-refractivity contribution in [3.63, 3.8) is 0 Å². The molecule has 5 nitrogen and oxygen atoms in total. The summed E-state index contributed by atoms with van der Waals surface area (Å²) in [5.41, 5.74) is 5.25. The first-order valence-electron chi connectivity index (χ1n) is 6.25. The zero-order chi connectivity index (χ0) is 16.0. The molecule has 8 heteroatoms. The molecule has 3 N–H and O–H groups in total. The van der Waals surface area contributed by atoms with Crippen molar-refractivity contribution >= 4 is 17.6 Å². The van der Waals surface area contributed by atoms with Crippen LogP contribution in [0.5, 0.6) is 0 Å². The molecule has 1 aromatic carbocycles. The quantitative estimate of drug-likeness (QED) is 0.877. The zero-order valence-corrected chi connectivity index (χ0v) is 11.4. The third-order valence-corrected chi connectivity index (χ3v) is 2.53. The van der Waals surface area contributed by atoms with Crippen molar-refractivity contribution in [2.45, 2.75) is 19.5 Å². The Labute approximate surface area is 119 Å². The van der Waals surface area contributed by atoms with E-state index in [1.54, 1.807) is 6.92 Å². The summed E-state index contributed by atoms with van der Waals surface area (Å²) in [6, 6.07) is 4.78. The fourth-order valence-electron chi connectivity index (χ4n) is 1.79. The van der Waals surface area contributed by atoms with Crippen LogP contribution in [0.2, 0.25) is 0 Å². The first-order valence-corrected chi connectivity index (χ1v) is 6.25. The van der Waals surface area contributed by atoms with E-state index in [4.69, 9.17) is 5.73 Å². The number of amides is 3. The van der Waals surface area contributed by atoms with Crippen LogP contribution in [0.4, 0.5) is 23.7 Å². The van der Waals surface area contributed by atoms with Gasteiger partial charge >= 0.3 is 12.2 Å². The van der Waals surface area contributed by atoms with Crippen molar-refractivity contribution in [2.24, 2.45) is 5.73 Å². The second kappa shape index (κ2) is 6.96. The summed E-state index contributed by atoms with van der Waals surface area (Å²) in [4.78, 5) is 23.6. The normalized spacial score (nSPS) is 11.0. The van der Waals surface area contributed by atoms with Gasteiger partial charge in [-0.1, -0.05) is 13.0 Å². The number of halogens is 3. The Morgan fingerprint density at radius 2 is 2.00 bits per heavy atom. The van der Waals surface area contributed by atoms with Crippen molar-refractivity contribution in [1.29, 1.82) is 0 Å². The molecule has 0 radical (unpaired) electrons. The van der Waals surface area contributed by atoms with Gasteiger partial charge < -0.3 is 16.0 Å². The second-order valence-electron chi connectivity index (χ2n) is 4.41. The van der Waals surface area contributed by atoms with Crippen LogP contribution in [0.1, 0.15) is 23.7 Å². The molecule has 0 fully saturated rings. The number of carbonyl (C=O) groups is 2. The topological polar surface area (TPSA) is 75.4 Å². The SMILES string of the molecule is CCCN(CC(F)(F)F)C(=O)c1cccc(NC(N)=O)c1. The first kappa shape index (κ1) is 16.8. The maximum atomic E-state index is 12.5. The van der Waals surface area contributed by atoms with Gasteiger partial charge in [-0.05, 0) is 24.6 Å². The molecule has 0 aliphatic carbocycles. The molecule has 21 heavy (non-hydrogen) atoms. The number of nitrogens with zero attached hydrogens (tertiary/aromatic N) is 1. The van der Waals surface area contributed by atoms with Crippen LogP contribution in [0, 0.1) is 0 Å². The summed E-state index contributed by atoms with van der Waals surface area (Å²) in [6.07, 6.45) is -4.06. The number of anilines is 1. The van der Waals surface area contributed by atoms with Gasteiger partial charge in [-0.3, -0.25) is 4.79 Å². The molecule has 0 bridgehead atoms. The fourth-order valence-corrected chi connectivity index (χ4v) is 1.79. The third-order valence-electron chi connectivity index (χ3n) is 2.53. The van der Waals surface area contributed by atoms with Crippen LogP contribution < -0.4 is 11.1 Å². The van der Waals surface area contributed by atoms with Crippen LogP contribution in [-0.2, 0) is 0 Å². The average molecular weight is 303 g/mol. The maximum Gasteiger partial charge on any atom is 0.406 e. The number of hydrogen-bond acceptors (Lipinski definition) is 2. The number of hydrogen-bond donors (Lipinski definition) is 2. The van der Waals surface area contributed by atoms with Gasteiger partial charge in [0.05, 0.1) is 0 Å². The van der Waals surface area contributed by atoms with E-state index in [2.05, 4.69) is 5.32 Å². The highest BCUT2D eigenvalue weighted by Crippen LogP contribution is 2.19. The molecule has 0 spiro atoms. The molecule has 0 saturated heterocycles. The minimum Gasteiger partial charge on any atom is -0.351 e. The van der Waals surface area contributed by atoms with Gasteiger partial charge in [0.15, 0.2) is 0 Å². The molecular weight excluding hydrogens is 287 g/mol. The predicted octanol–water partition coefficient (Wildman–Crippen LogP) is 2.59. The van der Waals surface area contributed by atoms with Gasteiger partial charge in [0.25, 0.3) is 5.91 Å². The number of benzene rings is 1. The molecule has 1 rings (SSSR count). The zero-order valence-electron chi connectivity index (χ0n) is 11.4. The predicted molar refractivity (Wildman–Crippen MR) is 71.9 cm³/mol. The van der Waals surface area contributed by atoms with Crippen LogP contribution in [0.25, 0.3) is 0 Å². The van der Waals surface area contributed by atoms with E-state index >= 15 is 0 Å². The third kappa shape index (κ3) is 5.72. The number of urea groups is 1. The molecule has 1 aromatic rings. The standard InChI is InChI=1S/C13H16F3N3O2/c1-2-6-19(8-13(14,15)16)11(20)9-4-3-5-10(7-9)18-12(17)21/h3-5,7H,2,6,8H2,1H3,(H3,17,18,21). The lowest BCUT2D eigenvalue weighted by Gasteiger charge is -2.23. The molecule has 116 valence electrons. The van der Waals surface area contributed by atoms with Gasteiger partial charge in [-0.15, -0.1) is 0 Å². The van der Waals surface area contributed by atoms with Crippen LogP contribution in [0.15, 0.2) is 24.3 Å². The fraction of sp³-hybridized carbons (Fsp3) is 0.385. The summed E-state index contributed by atoms with van der Waals surface area (Å²) in [5.74, 6) is -0.748. The summed E-state index contributed by atoms with van der Waals surface area (Å²) >= 11 is 0. The van der Waals surface area contributed by atoms with Crippen LogP contribution >= 0.6 is 0 Å². The molecule has 0 unspecified atom stereocenters. The Morgan fingerprint density at radius 1 is 1.33 bits per heavy atom. The Bertz CT molecular complexity index is 518. The van der Waals surface area contributed by atoms with E-state index in [0.29, 0.717) is 6.42 Å². The van der Waals surface area contributed by atoms with Gasteiger partial charge in [0, 0.05) is 17.8 Å². The molecule has 0 aromatic heterocycles. The number of nitrogens with one attached hydrogen (secondary N) is 1. The summed E-state index contributed by atoms with van der Waals surface area (Å²) in [7, 11) is 0. The van der Waals surface area contributed by atoms with Crippen molar-refractivity contribution in [2.75, 3.05) is 18.4 Å². The number of carbonyl (C=O) groups excluding carboxylic acids is 2. The largest absolute Gasteiger partial charge is 0.406 e. The Morgan fingerprint density at radius 3 is 2.52 bits per heavy atom. The van der Waals surface area contributed by atoms with Gasteiger partial charge in [0.1, 0.15) is 6.54 Å². The number of rotatable bonds is 5. The van der Waals surface area contributed by atoms with Crippen molar-refractivity contribution in [3.05, 3.63) is 29.8 Å². The lowest BCUT2D eigenvalue weighted by molar-refractivity contribution is -0.140. The maximum absolute atomic E-state index is 12.5. The van der Waals surface area contributed by atoms with Crippen LogP contribution in [0.3, 0.4) is 0 Å². The molecule has 0 aliphatic rings. The molecule has 0 aliphatic heterocycles. The van der Waals surface area contributed by atoms with E-state index in [9.17, 15) is 22.8 Å². The molecule has 3 amide bonds. The number of primary amides is 1. The van der Waals surface area contributed by atoms with Gasteiger partial charge in [-0.25, -0.2) is 4.79 Å². The van der Waals surface area contributed by atoms with E-state index in [1.807, 2.05) is 0 Å². The minimum atomic E-state index is -4.46. The lowest BCUT2D eigenvalue weighted by Crippen LogP contribution is -2.39. The van der Waals surface area contributed by atoms with Crippen molar-refractivity contribution < 1.29 is 22.8 Å². The molecule has 0 atom stereocenters. The first-order chi connectivity index (χ1) is 9.73. The molecular formula is C13H16F3N3O2. The number of nitrogens with two attached hydrogens (primary N) is 1. The summed E-state index contributed by atoms with van der Waals surface area (Å²) in [5, 5.41) is 2.27. The Kier molecular flexibility index (Phi) is 5.57. The highest BCUT2D eigenvalue weighted by Gasteiger charge is 2.33. The van der Waals surface area contributed by atoms with E-state index in [-0.39, 0.29) is 17.8 Å². The van der Waals surface area contributed by atoms with Crippen molar-refractivity contribution in [3.8, 4) is 0 Å². The molecule has 0 saturated carbocycles.